The maximum absolute atomic E-state index is 11.1. The number of aldehydes is 1. The van der Waals surface area contributed by atoms with Crippen molar-refractivity contribution in [3.8, 4) is 5.75 Å². The molecule has 2 rings (SSSR count). The summed E-state index contributed by atoms with van der Waals surface area (Å²) in [5.41, 5.74) is -0.0412. The van der Waals surface area contributed by atoms with Gasteiger partial charge in [-0.25, -0.2) is 4.79 Å². The van der Waals surface area contributed by atoms with Crippen LogP contribution >= 0.6 is 0 Å². The van der Waals surface area contributed by atoms with Crippen LogP contribution in [0.3, 0.4) is 0 Å². The maximum atomic E-state index is 11.1. The summed E-state index contributed by atoms with van der Waals surface area (Å²) in [6, 6.07) is 8.22. The lowest BCUT2D eigenvalue weighted by atomic mass is 10.2. The molecule has 4 heteroatoms. The monoisotopic (exact) mass is 204 g/mol. The van der Waals surface area contributed by atoms with Crippen molar-refractivity contribution in [3.63, 3.8) is 0 Å². The van der Waals surface area contributed by atoms with Crippen LogP contribution in [0.2, 0.25) is 0 Å². The zero-order chi connectivity index (χ0) is 10.7. The minimum Gasteiger partial charge on any atom is -0.485 e. The van der Waals surface area contributed by atoms with Gasteiger partial charge in [0.2, 0.25) is 0 Å². The average Bonchev–Trinajstić information content (AvgIpc) is 2.25. The number of hydrogen-bond acceptors (Lipinski definition) is 4. The van der Waals surface area contributed by atoms with Crippen molar-refractivity contribution in [1.29, 1.82) is 0 Å². The van der Waals surface area contributed by atoms with E-state index in [-0.39, 0.29) is 6.61 Å². The van der Waals surface area contributed by atoms with Crippen LogP contribution in [0.5, 0.6) is 5.75 Å². The summed E-state index contributed by atoms with van der Waals surface area (Å²) < 4.78 is 10.1. The molecule has 0 fully saturated rings. The third-order valence-electron chi connectivity index (χ3n) is 1.92. The summed E-state index contributed by atoms with van der Waals surface area (Å²) in [4.78, 5) is 21.3. The minimum absolute atomic E-state index is 0.0759. The van der Waals surface area contributed by atoms with Gasteiger partial charge in [-0.1, -0.05) is 12.1 Å². The van der Waals surface area contributed by atoms with E-state index in [4.69, 9.17) is 9.15 Å². The van der Waals surface area contributed by atoms with Gasteiger partial charge in [-0.2, -0.15) is 0 Å². The Morgan fingerprint density at radius 3 is 2.93 bits per heavy atom. The van der Waals surface area contributed by atoms with Crippen molar-refractivity contribution in [1.82, 2.24) is 0 Å². The van der Waals surface area contributed by atoms with Crippen molar-refractivity contribution in [2.75, 3.05) is 6.61 Å². The van der Waals surface area contributed by atoms with Gasteiger partial charge in [0.1, 0.15) is 17.9 Å². The van der Waals surface area contributed by atoms with Gasteiger partial charge >= 0.3 is 5.63 Å². The van der Waals surface area contributed by atoms with Gasteiger partial charge in [0.05, 0.1) is 11.5 Å². The summed E-state index contributed by atoms with van der Waals surface area (Å²) in [6.07, 6.45) is 0.628. The molecule has 0 saturated carbocycles. The molecule has 0 saturated heterocycles. The van der Waals surface area contributed by atoms with Crippen LogP contribution in [0.4, 0.5) is 0 Å². The highest BCUT2D eigenvalue weighted by Crippen LogP contribution is 2.22. The highest BCUT2D eigenvalue weighted by atomic mass is 16.5. The van der Waals surface area contributed by atoms with E-state index in [0.29, 0.717) is 23.0 Å². The Labute approximate surface area is 85.1 Å². The molecule has 1 aromatic heterocycles. The number of para-hydroxylation sites is 1. The second-order valence-electron chi connectivity index (χ2n) is 2.90. The Morgan fingerprint density at radius 1 is 1.33 bits per heavy atom. The first-order chi connectivity index (χ1) is 7.31. The Morgan fingerprint density at radius 2 is 2.13 bits per heavy atom. The number of hydrogen-bond donors (Lipinski definition) is 0. The zero-order valence-electron chi connectivity index (χ0n) is 7.80. The molecule has 2 aromatic rings. The van der Waals surface area contributed by atoms with Gasteiger partial charge in [0, 0.05) is 0 Å². The fourth-order valence-corrected chi connectivity index (χ4v) is 1.33. The molecule has 0 radical (unpaired) electrons. The van der Waals surface area contributed by atoms with Gasteiger partial charge in [-0.3, -0.25) is 4.79 Å². The number of ether oxygens (including phenoxy) is 1. The molecular weight excluding hydrogens is 196 g/mol. The number of benzene rings is 1. The van der Waals surface area contributed by atoms with Gasteiger partial charge < -0.3 is 9.15 Å². The molecule has 0 unspecified atom stereocenters. The molecule has 0 N–H and O–H groups in total. The quantitative estimate of drug-likeness (QED) is 0.559. The Bertz CT molecular complexity index is 542. The second kappa shape index (κ2) is 3.96. The van der Waals surface area contributed by atoms with Crippen LogP contribution < -0.4 is 10.4 Å². The summed E-state index contributed by atoms with van der Waals surface area (Å²) >= 11 is 0. The van der Waals surface area contributed by atoms with Crippen LogP contribution in [0, 0.1) is 0 Å². The molecule has 0 aliphatic heterocycles. The number of carbonyl (C=O) groups excluding carboxylic acids is 1. The third-order valence-corrected chi connectivity index (χ3v) is 1.92. The van der Waals surface area contributed by atoms with E-state index < -0.39 is 5.63 Å². The lowest BCUT2D eigenvalue weighted by Gasteiger charge is -2.04. The van der Waals surface area contributed by atoms with Gasteiger partial charge in [-0.15, -0.1) is 0 Å². The summed E-state index contributed by atoms with van der Waals surface area (Å²) in [6.45, 7) is -0.0759. The molecule has 0 aliphatic rings. The smallest absolute Gasteiger partial charge is 0.339 e. The lowest BCUT2D eigenvalue weighted by Crippen LogP contribution is -2.03. The van der Waals surface area contributed by atoms with E-state index in [1.165, 1.54) is 6.07 Å². The molecular formula is C11H8O4. The molecule has 1 heterocycles. The van der Waals surface area contributed by atoms with Crippen LogP contribution in [0.1, 0.15) is 0 Å². The van der Waals surface area contributed by atoms with Crippen LogP contribution in [0.25, 0.3) is 11.0 Å². The first kappa shape index (κ1) is 9.45. The molecule has 0 atom stereocenters. The Hall–Kier alpha value is -2.10. The summed E-state index contributed by atoms with van der Waals surface area (Å²) in [7, 11) is 0. The molecule has 0 spiro atoms. The largest absolute Gasteiger partial charge is 0.485 e. The molecule has 0 bridgehead atoms. The molecule has 0 amide bonds. The fourth-order valence-electron chi connectivity index (χ4n) is 1.33. The second-order valence-corrected chi connectivity index (χ2v) is 2.90. The number of fused-ring (bicyclic) bond motifs is 1. The van der Waals surface area contributed by atoms with Gasteiger partial charge in [0.25, 0.3) is 0 Å². The van der Waals surface area contributed by atoms with Crippen molar-refractivity contribution in [3.05, 3.63) is 40.8 Å². The van der Waals surface area contributed by atoms with E-state index >= 15 is 0 Å². The normalized spacial score (nSPS) is 10.1. The highest BCUT2D eigenvalue weighted by Gasteiger charge is 2.04. The Kier molecular flexibility index (Phi) is 2.49. The topological polar surface area (TPSA) is 56.5 Å². The molecule has 76 valence electrons. The molecule has 4 nitrogen and oxygen atoms in total. The van der Waals surface area contributed by atoms with Gasteiger partial charge in [0.15, 0.2) is 6.29 Å². The van der Waals surface area contributed by atoms with Crippen molar-refractivity contribution >= 4 is 17.3 Å². The molecule has 0 aliphatic carbocycles. The van der Waals surface area contributed by atoms with Crippen LogP contribution in [0.15, 0.2) is 39.5 Å². The third kappa shape index (κ3) is 1.88. The fraction of sp³-hybridized carbons (Fsp3) is 0.0909. The summed E-state index contributed by atoms with van der Waals surface area (Å²) in [5, 5.41) is 0.680. The molecule has 1 aromatic carbocycles. The van der Waals surface area contributed by atoms with E-state index in [1.54, 1.807) is 24.3 Å². The number of carbonyl (C=O) groups is 1. The SMILES string of the molecule is O=CCOc1cc(=O)oc2ccccc12. The predicted octanol–water partition coefficient (Wildman–Crippen LogP) is 1.37. The zero-order valence-corrected chi connectivity index (χ0v) is 7.80. The lowest BCUT2D eigenvalue weighted by molar-refractivity contribution is -0.109. The van der Waals surface area contributed by atoms with Crippen LogP contribution in [-0.2, 0) is 4.79 Å². The van der Waals surface area contributed by atoms with Crippen molar-refractivity contribution < 1.29 is 13.9 Å². The summed E-state index contributed by atoms with van der Waals surface area (Å²) in [5.74, 6) is 0.369. The first-order valence-electron chi connectivity index (χ1n) is 4.40. The number of rotatable bonds is 3. The van der Waals surface area contributed by atoms with E-state index in [0.717, 1.165) is 0 Å². The highest BCUT2D eigenvalue weighted by molar-refractivity contribution is 5.83. The minimum atomic E-state index is -0.491. The maximum Gasteiger partial charge on any atom is 0.339 e. The first-order valence-corrected chi connectivity index (χ1v) is 4.40. The average molecular weight is 204 g/mol. The van der Waals surface area contributed by atoms with E-state index in [1.807, 2.05) is 0 Å². The van der Waals surface area contributed by atoms with Crippen molar-refractivity contribution in [2.24, 2.45) is 0 Å². The van der Waals surface area contributed by atoms with Gasteiger partial charge in [-0.05, 0) is 12.1 Å². The van der Waals surface area contributed by atoms with Crippen LogP contribution in [-0.4, -0.2) is 12.9 Å². The van der Waals surface area contributed by atoms with E-state index in [2.05, 4.69) is 0 Å². The Balaban J connectivity index is 2.60. The molecule has 15 heavy (non-hydrogen) atoms. The predicted molar refractivity (Wildman–Crippen MR) is 54.0 cm³/mol. The van der Waals surface area contributed by atoms with Crippen molar-refractivity contribution in [2.45, 2.75) is 0 Å². The van der Waals surface area contributed by atoms with E-state index in [9.17, 15) is 9.59 Å². The standard InChI is InChI=1S/C11H8O4/c12-5-6-14-10-7-11(13)15-9-4-2-1-3-8(9)10/h1-5,7H,6H2.